The summed E-state index contributed by atoms with van der Waals surface area (Å²) in [6.45, 7) is 11.1. The third-order valence-corrected chi connectivity index (χ3v) is 5.65. The van der Waals surface area contributed by atoms with Gasteiger partial charge in [-0.15, -0.1) is 0 Å². The molecule has 0 unspecified atom stereocenters. The number of nitrogens with zero attached hydrogens (tertiary/aromatic N) is 3. The van der Waals surface area contributed by atoms with Gasteiger partial charge in [-0.3, -0.25) is 14.6 Å². The van der Waals surface area contributed by atoms with Gasteiger partial charge in [0.15, 0.2) is 0 Å². The van der Waals surface area contributed by atoms with Crippen LogP contribution in [0.15, 0.2) is 24.3 Å². The topological polar surface area (TPSA) is 48.1 Å². The third kappa shape index (κ3) is 7.36. The maximum atomic E-state index is 12.9. The van der Waals surface area contributed by atoms with Crippen LogP contribution in [-0.2, 0) is 15.7 Å². The number of piperazine rings is 1. The summed E-state index contributed by atoms with van der Waals surface area (Å²) < 4.78 is 44.6. The highest BCUT2D eigenvalue weighted by atomic mass is 19.4. The van der Waals surface area contributed by atoms with Crippen LogP contribution < -0.4 is 10.2 Å². The van der Waals surface area contributed by atoms with E-state index in [1.807, 2.05) is 9.80 Å². The smallest absolute Gasteiger partial charge is 0.374 e. The lowest BCUT2D eigenvalue weighted by molar-refractivity contribution is -0.137. The number of rotatable bonds is 7. The molecule has 0 aliphatic carbocycles. The van der Waals surface area contributed by atoms with Crippen LogP contribution in [0.4, 0.5) is 18.9 Å². The molecule has 1 atom stereocenters. The quantitative estimate of drug-likeness (QED) is 0.702. The summed E-state index contributed by atoms with van der Waals surface area (Å²) in [6, 6.07) is 5.41. The number of morpholine rings is 1. The number of carbonyl (C=O) groups excluding carboxylic acids is 1. The summed E-state index contributed by atoms with van der Waals surface area (Å²) in [6.07, 6.45) is -4.33. The molecule has 2 saturated heterocycles. The minimum atomic E-state index is -4.34. The standard InChI is InChI=1S/C22H33F3N4O2/c1-17(2)14-28-10-11-31-20(15-28)13-26-21(30)16-27-6-8-29(9-7-27)19-5-3-4-18(12-19)22(23,24)25/h3-5,12,17,20H,6-11,13-16H2,1-2H3,(H,26,30)/t20-/m0/s1. The van der Waals surface area contributed by atoms with Gasteiger partial charge in [-0.1, -0.05) is 19.9 Å². The lowest BCUT2D eigenvalue weighted by Gasteiger charge is -2.36. The monoisotopic (exact) mass is 442 g/mol. The molecule has 2 aliphatic heterocycles. The van der Waals surface area contributed by atoms with E-state index in [1.54, 1.807) is 6.07 Å². The van der Waals surface area contributed by atoms with Crippen molar-refractivity contribution in [3.63, 3.8) is 0 Å². The van der Waals surface area contributed by atoms with E-state index in [9.17, 15) is 18.0 Å². The second kappa shape index (κ2) is 10.7. The number of amides is 1. The number of ether oxygens (including phenoxy) is 1. The Morgan fingerprint density at radius 3 is 2.58 bits per heavy atom. The molecule has 3 rings (SSSR count). The number of carbonyl (C=O) groups is 1. The van der Waals surface area contributed by atoms with E-state index in [0.717, 1.165) is 25.7 Å². The fourth-order valence-corrected chi connectivity index (χ4v) is 4.12. The lowest BCUT2D eigenvalue weighted by atomic mass is 10.1. The number of anilines is 1. The molecule has 0 saturated carbocycles. The Balaban J connectivity index is 1.39. The third-order valence-electron chi connectivity index (χ3n) is 5.65. The molecule has 1 N–H and O–H groups in total. The van der Waals surface area contributed by atoms with Gasteiger partial charge < -0.3 is 15.0 Å². The highest BCUT2D eigenvalue weighted by Gasteiger charge is 2.31. The zero-order valence-corrected chi connectivity index (χ0v) is 18.3. The Hall–Kier alpha value is -1.84. The molecule has 31 heavy (non-hydrogen) atoms. The summed E-state index contributed by atoms with van der Waals surface area (Å²) >= 11 is 0. The van der Waals surface area contributed by atoms with E-state index in [-0.39, 0.29) is 12.0 Å². The van der Waals surface area contributed by atoms with Crippen LogP contribution in [0.5, 0.6) is 0 Å². The molecule has 174 valence electrons. The van der Waals surface area contributed by atoms with Gasteiger partial charge >= 0.3 is 6.18 Å². The molecule has 1 aromatic rings. The summed E-state index contributed by atoms with van der Waals surface area (Å²) in [5, 5.41) is 2.97. The Kier molecular flexibility index (Phi) is 8.18. The predicted octanol–water partition coefficient (Wildman–Crippen LogP) is 2.30. The van der Waals surface area contributed by atoms with Crippen molar-refractivity contribution < 1.29 is 22.7 Å². The number of nitrogens with one attached hydrogen (secondary N) is 1. The van der Waals surface area contributed by atoms with E-state index in [2.05, 4.69) is 24.1 Å². The van der Waals surface area contributed by atoms with Crippen LogP contribution in [0, 0.1) is 5.92 Å². The first kappa shape index (κ1) is 23.8. The second-order valence-corrected chi connectivity index (χ2v) is 8.76. The van der Waals surface area contributed by atoms with Gasteiger partial charge in [0.05, 0.1) is 24.8 Å². The number of hydrogen-bond acceptors (Lipinski definition) is 5. The molecular weight excluding hydrogens is 409 g/mol. The summed E-state index contributed by atoms with van der Waals surface area (Å²) in [7, 11) is 0. The lowest BCUT2D eigenvalue weighted by Crippen LogP contribution is -2.52. The predicted molar refractivity (Wildman–Crippen MR) is 114 cm³/mol. The average molecular weight is 443 g/mol. The number of benzene rings is 1. The summed E-state index contributed by atoms with van der Waals surface area (Å²) in [5.41, 5.74) is -0.0666. The van der Waals surface area contributed by atoms with Gasteiger partial charge in [0, 0.05) is 58.0 Å². The van der Waals surface area contributed by atoms with Gasteiger partial charge in [-0.25, -0.2) is 0 Å². The molecule has 1 aromatic carbocycles. The van der Waals surface area contributed by atoms with Crippen LogP contribution >= 0.6 is 0 Å². The first-order valence-electron chi connectivity index (χ1n) is 11.0. The van der Waals surface area contributed by atoms with Crippen LogP contribution in [0.1, 0.15) is 19.4 Å². The van der Waals surface area contributed by atoms with Crippen molar-refractivity contribution in [2.24, 2.45) is 5.92 Å². The van der Waals surface area contributed by atoms with E-state index in [4.69, 9.17) is 4.74 Å². The maximum absolute atomic E-state index is 12.9. The minimum Gasteiger partial charge on any atom is -0.374 e. The van der Waals surface area contributed by atoms with E-state index in [1.165, 1.54) is 12.1 Å². The van der Waals surface area contributed by atoms with Gasteiger partial charge in [-0.05, 0) is 24.1 Å². The van der Waals surface area contributed by atoms with Gasteiger partial charge in [0.2, 0.25) is 5.91 Å². The van der Waals surface area contributed by atoms with Gasteiger partial charge in [-0.2, -0.15) is 13.2 Å². The Bertz CT molecular complexity index is 721. The molecular formula is C22H33F3N4O2. The minimum absolute atomic E-state index is 0.00852. The van der Waals surface area contributed by atoms with Crippen LogP contribution in [0.25, 0.3) is 0 Å². The van der Waals surface area contributed by atoms with Crippen LogP contribution in [0.2, 0.25) is 0 Å². The molecule has 0 bridgehead atoms. The molecule has 1 amide bonds. The summed E-state index contributed by atoms with van der Waals surface area (Å²) in [5.74, 6) is 0.556. The van der Waals surface area contributed by atoms with Crippen molar-refractivity contribution >= 4 is 11.6 Å². The Morgan fingerprint density at radius 2 is 1.90 bits per heavy atom. The molecule has 2 fully saturated rings. The average Bonchev–Trinajstić information content (AvgIpc) is 2.72. The van der Waals surface area contributed by atoms with Gasteiger partial charge in [0.25, 0.3) is 0 Å². The Morgan fingerprint density at radius 1 is 1.16 bits per heavy atom. The van der Waals surface area contributed by atoms with E-state index in [0.29, 0.717) is 57.5 Å². The Labute approximate surface area is 182 Å². The summed E-state index contributed by atoms with van der Waals surface area (Å²) in [4.78, 5) is 18.7. The fraction of sp³-hybridized carbons (Fsp3) is 0.682. The molecule has 2 aliphatic rings. The van der Waals surface area contributed by atoms with Crippen molar-refractivity contribution in [1.29, 1.82) is 0 Å². The second-order valence-electron chi connectivity index (χ2n) is 8.76. The maximum Gasteiger partial charge on any atom is 0.416 e. The largest absolute Gasteiger partial charge is 0.416 e. The number of halogens is 3. The first-order chi connectivity index (χ1) is 14.7. The zero-order valence-electron chi connectivity index (χ0n) is 18.3. The molecule has 0 spiro atoms. The molecule has 9 heteroatoms. The van der Waals surface area contributed by atoms with E-state index < -0.39 is 11.7 Å². The number of alkyl halides is 3. The normalized spacial score (nSPS) is 21.5. The van der Waals surface area contributed by atoms with Crippen molar-refractivity contribution in [3.05, 3.63) is 29.8 Å². The highest BCUT2D eigenvalue weighted by Crippen LogP contribution is 2.31. The van der Waals surface area contributed by atoms with Crippen molar-refractivity contribution in [3.8, 4) is 0 Å². The van der Waals surface area contributed by atoms with Gasteiger partial charge in [0.1, 0.15) is 0 Å². The van der Waals surface area contributed by atoms with Crippen molar-refractivity contribution in [2.75, 3.05) is 70.4 Å². The molecule has 0 radical (unpaired) electrons. The highest BCUT2D eigenvalue weighted by molar-refractivity contribution is 5.78. The van der Waals surface area contributed by atoms with Crippen molar-refractivity contribution in [2.45, 2.75) is 26.1 Å². The molecule has 2 heterocycles. The number of hydrogen-bond donors (Lipinski definition) is 1. The van der Waals surface area contributed by atoms with Crippen LogP contribution in [-0.4, -0.2) is 87.3 Å². The van der Waals surface area contributed by atoms with E-state index >= 15 is 0 Å². The SMILES string of the molecule is CC(C)CN1CCO[C@@H](CNC(=O)CN2CCN(c3cccc(C(F)(F)F)c3)CC2)C1. The van der Waals surface area contributed by atoms with Crippen molar-refractivity contribution in [1.82, 2.24) is 15.1 Å². The fourth-order valence-electron chi connectivity index (χ4n) is 4.12. The van der Waals surface area contributed by atoms with Crippen LogP contribution in [0.3, 0.4) is 0 Å². The molecule has 6 nitrogen and oxygen atoms in total. The zero-order chi connectivity index (χ0) is 22.4. The molecule has 0 aromatic heterocycles. The first-order valence-corrected chi connectivity index (χ1v) is 11.0.